The van der Waals surface area contributed by atoms with Gasteiger partial charge in [0.15, 0.2) is 0 Å². The maximum atomic E-state index is 5.88. The first-order valence-electron chi connectivity index (χ1n) is 7.38. The molecule has 2 aromatic carbocycles. The monoisotopic (exact) mass is 304 g/mol. The third kappa shape index (κ3) is 4.76. The van der Waals surface area contributed by atoms with Crippen LogP contribution in [0.5, 0.6) is 0 Å². The normalized spacial score (nSPS) is 12.0. The van der Waals surface area contributed by atoms with Crippen molar-refractivity contribution in [1.29, 1.82) is 0 Å². The summed E-state index contributed by atoms with van der Waals surface area (Å²) in [6.45, 7) is 6.44. The van der Waals surface area contributed by atoms with E-state index in [1.807, 2.05) is 12.1 Å². The Morgan fingerprint density at radius 3 is 2.29 bits per heavy atom. The molecular weight excluding hydrogens is 280 g/mol. The predicted octanol–water partition coefficient (Wildman–Crippen LogP) is 4.66. The second-order valence-electron chi connectivity index (χ2n) is 5.14. The summed E-state index contributed by atoms with van der Waals surface area (Å²) in [7, 11) is 0. The third-order valence-corrected chi connectivity index (χ3v) is 3.75. The van der Waals surface area contributed by atoms with Crippen molar-refractivity contribution in [3.63, 3.8) is 0 Å². The van der Waals surface area contributed by atoms with Crippen LogP contribution in [0, 0.1) is 0 Å². The highest BCUT2D eigenvalue weighted by Crippen LogP contribution is 2.25. The molecule has 21 heavy (non-hydrogen) atoms. The first-order chi connectivity index (χ1) is 9.74. The maximum absolute atomic E-state index is 5.88. The number of nitrogens with zero attached hydrogens (tertiary/aromatic N) is 1. The van der Waals surface area contributed by atoms with Crippen molar-refractivity contribution < 1.29 is 0 Å². The Labute approximate surface area is 134 Å². The van der Waals surface area contributed by atoms with Crippen LogP contribution in [0.15, 0.2) is 54.6 Å². The molecular formula is C18H25ClN2. The Bertz CT molecular complexity index is 528. The molecule has 2 rings (SSSR count). The van der Waals surface area contributed by atoms with Crippen molar-refractivity contribution in [2.24, 2.45) is 0 Å². The quantitative estimate of drug-likeness (QED) is 0.786. The van der Waals surface area contributed by atoms with Gasteiger partial charge < -0.3 is 5.73 Å². The molecule has 114 valence electrons. The summed E-state index contributed by atoms with van der Waals surface area (Å²) in [4.78, 5) is 2.50. The molecule has 2 N–H and O–H groups in total. The van der Waals surface area contributed by atoms with Crippen LogP contribution < -0.4 is 5.73 Å². The van der Waals surface area contributed by atoms with E-state index in [0.29, 0.717) is 6.04 Å². The third-order valence-electron chi connectivity index (χ3n) is 3.75. The van der Waals surface area contributed by atoms with Gasteiger partial charge in [-0.15, -0.1) is 12.4 Å². The van der Waals surface area contributed by atoms with Gasteiger partial charge in [-0.2, -0.15) is 0 Å². The lowest BCUT2D eigenvalue weighted by Gasteiger charge is -2.30. The molecule has 1 atom stereocenters. The smallest absolute Gasteiger partial charge is 0.0348 e. The molecule has 0 aliphatic rings. The molecule has 0 fully saturated rings. The molecule has 0 saturated heterocycles. The molecule has 0 heterocycles. The molecule has 0 amide bonds. The summed E-state index contributed by atoms with van der Waals surface area (Å²) >= 11 is 0. The van der Waals surface area contributed by atoms with Crippen LogP contribution in [-0.4, -0.2) is 11.4 Å². The van der Waals surface area contributed by atoms with E-state index in [1.54, 1.807) is 0 Å². The fourth-order valence-corrected chi connectivity index (χ4v) is 2.75. The van der Waals surface area contributed by atoms with Gasteiger partial charge in [-0.3, -0.25) is 4.90 Å². The summed E-state index contributed by atoms with van der Waals surface area (Å²) in [5.41, 5.74) is 9.38. The maximum Gasteiger partial charge on any atom is 0.0348 e. The lowest BCUT2D eigenvalue weighted by Crippen LogP contribution is -2.27. The SMILES string of the molecule is CCC(c1ccccc1)N(CC)Cc1cccc(N)c1.Cl. The number of nitrogen functional groups attached to an aromatic ring is 1. The summed E-state index contributed by atoms with van der Waals surface area (Å²) in [5.74, 6) is 0. The average Bonchev–Trinajstić information content (AvgIpc) is 2.48. The van der Waals surface area contributed by atoms with Gasteiger partial charge >= 0.3 is 0 Å². The van der Waals surface area contributed by atoms with Crippen LogP contribution in [0.2, 0.25) is 0 Å². The summed E-state index contributed by atoms with van der Waals surface area (Å²) < 4.78 is 0. The Morgan fingerprint density at radius 2 is 1.71 bits per heavy atom. The molecule has 0 aliphatic carbocycles. The lowest BCUT2D eigenvalue weighted by molar-refractivity contribution is 0.193. The van der Waals surface area contributed by atoms with Crippen molar-refractivity contribution >= 4 is 18.1 Å². The standard InChI is InChI=1S/C18H24N2.ClH/c1-3-18(16-10-6-5-7-11-16)20(4-2)14-15-9-8-12-17(19)13-15;/h5-13,18H,3-4,14,19H2,1-2H3;1H. The highest BCUT2D eigenvalue weighted by Gasteiger charge is 2.17. The number of benzene rings is 2. The van der Waals surface area contributed by atoms with Crippen molar-refractivity contribution in [3.8, 4) is 0 Å². The highest BCUT2D eigenvalue weighted by atomic mass is 35.5. The predicted molar refractivity (Wildman–Crippen MR) is 93.7 cm³/mol. The zero-order valence-electron chi connectivity index (χ0n) is 12.8. The zero-order valence-corrected chi connectivity index (χ0v) is 13.6. The van der Waals surface area contributed by atoms with E-state index >= 15 is 0 Å². The van der Waals surface area contributed by atoms with Gasteiger partial charge in [0.1, 0.15) is 0 Å². The first kappa shape index (κ1) is 17.5. The minimum absolute atomic E-state index is 0. The fraction of sp³-hybridized carbons (Fsp3) is 0.333. The van der Waals surface area contributed by atoms with Crippen molar-refractivity contribution in [2.75, 3.05) is 12.3 Å². The van der Waals surface area contributed by atoms with Crippen molar-refractivity contribution in [2.45, 2.75) is 32.9 Å². The van der Waals surface area contributed by atoms with Crippen LogP contribution in [0.3, 0.4) is 0 Å². The van der Waals surface area contributed by atoms with Gasteiger partial charge in [-0.1, -0.05) is 56.3 Å². The second kappa shape index (κ2) is 8.71. The number of hydrogen-bond donors (Lipinski definition) is 1. The van der Waals surface area contributed by atoms with E-state index in [0.717, 1.165) is 25.2 Å². The molecule has 0 radical (unpaired) electrons. The van der Waals surface area contributed by atoms with E-state index in [2.05, 4.69) is 61.2 Å². The van der Waals surface area contributed by atoms with E-state index < -0.39 is 0 Å². The second-order valence-corrected chi connectivity index (χ2v) is 5.14. The van der Waals surface area contributed by atoms with E-state index in [1.165, 1.54) is 11.1 Å². The molecule has 0 saturated carbocycles. The Balaban J connectivity index is 0.00000220. The summed E-state index contributed by atoms with van der Waals surface area (Å²) in [6, 6.07) is 19.4. The number of hydrogen-bond acceptors (Lipinski definition) is 2. The van der Waals surface area contributed by atoms with Gasteiger partial charge in [0.2, 0.25) is 0 Å². The number of halogens is 1. The largest absolute Gasteiger partial charge is 0.399 e. The fourth-order valence-electron chi connectivity index (χ4n) is 2.75. The molecule has 0 aromatic heterocycles. The molecule has 2 nitrogen and oxygen atoms in total. The zero-order chi connectivity index (χ0) is 14.4. The molecule has 0 aliphatic heterocycles. The average molecular weight is 305 g/mol. The Morgan fingerprint density at radius 1 is 1.00 bits per heavy atom. The molecule has 0 spiro atoms. The molecule has 3 heteroatoms. The highest BCUT2D eigenvalue weighted by molar-refractivity contribution is 5.85. The summed E-state index contributed by atoms with van der Waals surface area (Å²) in [5, 5.41) is 0. The van der Waals surface area contributed by atoms with Gasteiger partial charge in [-0.05, 0) is 36.2 Å². The number of nitrogens with two attached hydrogens (primary N) is 1. The van der Waals surface area contributed by atoms with Gasteiger partial charge in [-0.25, -0.2) is 0 Å². The van der Waals surface area contributed by atoms with Crippen LogP contribution in [-0.2, 0) is 6.54 Å². The van der Waals surface area contributed by atoms with E-state index in [4.69, 9.17) is 5.73 Å². The van der Waals surface area contributed by atoms with Crippen LogP contribution in [0.4, 0.5) is 5.69 Å². The van der Waals surface area contributed by atoms with Crippen molar-refractivity contribution in [1.82, 2.24) is 4.90 Å². The minimum atomic E-state index is 0. The number of rotatable bonds is 6. The molecule has 1 unspecified atom stereocenters. The molecule has 0 bridgehead atoms. The topological polar surface area (TPSA) is 29.3 Å². The lowest BCUT2D eigenvalue weighted by atomic mass is 10.0. The van der Waals surface area contributed by atoms with E-state index in [9.17, 15) is 0 Å². The Kier molecular flexibility index (Phi) is 7.27. The van der Waals surface area contributed by atoms with Crippen LogP contribution in [0.1, 0.15) is 37.4 Å². The minimum Gasteiger partial charge on any atom is -0.399 e. The van der Waals surface area contributed by atoms with Gasteiger partial charge in [0.25, 0.3) is 0 Å². The Hall–Kier alpha value is -1.51. The van der Waals surface area contributed by atoms with E-state index in [-0.39, 0.29) is 12.4 Å². The molecule has 2 aromatic rings. The van der Waals surface area contributed by atoms with Gasteiger partial charge in [0, 0.05) is 18.3 Å². The summed E-state index contributed by atoms with van der Waals surface area (Å²) in [6.07, 6.45) is 1.11. The van der Waals surface area contributed by atoms with Crippen LogP contribution >= 0.6 is 12.4 Å². The number of anilines is 1. The van der Waals surface area contributed by atoms with Crippen LogP contribution in [0.25, 0.3) is 0 Å². The van der Waals surface area contributed by atoms with Gasteiger partial charge in [0.05, 0.1) is 0 Å². The van der Waals surface area contributed by atoms with Crippen molar-refractivity contribution in [3.05, 3.63) is 65.7 Å². The first-order valence-corrected chi connectivity index (χ1v) is 7.38.